The van der Waals surface area contributed by atoms with Crippen molar-refractivity contribution in [3.05, 3.63) is 71.7 Å². The first-order valence-corrected chi connectivity index (χ1v) is 9.51. The molecule has 0 atom stereocenters. The van der Waals surface area contributed by atoms with Crippen LogP contribution in [0.1, 0.15) is 16.8 Å². The Morgan fingerprint density at radius 3 is 2.45 bits per heavy atom. The predicted molar refractivity (Wildman–Crippen MR) is 114 cm³/mol. The van der Waals surface area contributed by atoms with E-state index in [2.05, 4.69) is 54.7 Å². The molecule has 0 N–H and O–H groups in total. The van der Waals surface area contributed by atoms with Gasteiger partial charge < -0.3 is 4.74 Å². The van der Waals surface area contributed by atoms with E-state index in [1.807, 2.05) is 24.3 Å². The van der Waals surface area contributed by atoms with Crippen LogP contribution >= 0.6 is 0 Å². The fourth-order valence-corrected chi connectivity index (χ4v) is 3.81. The smallest absolute Gasteiger partial charge is 0.182 e. The number of methoxy groups -OCH3 is 1. The van der Waals surface area contributed by atoms with E-state index in [1.54, 1.807) is 18.0 Å². The second-order valence-corrected chi connectivity index (χ2v) is 7.26. The van der Waals surface area contributed by atoms with Gasteiger partial charge in [0.25, 0.3) is 0 Å². The van der Waals surface area contributed by atoms with E-state index < -0.39 is 0 Å². The maximum absolute atomic E-state index is 5.24. The third-order valence-electron chi connectivity index (χ3n) is 5.44. The molecule has 2 aromatic carbocycles. The van der Waals surface area contributed by atoms with Crippen molar-refractivity contribution in [3.63, 3.8) is 0 Å². The Labute approximate surface area is 168 Å². The number of nitrogens with zero attached hydrogens (tertiary/aromatic N) is 5. The highest BCUT2D eigenvalue weighted by Gasteiger charge is 2.19. The van der Waals surface area contributed by atoms with Crippen LogP contribution in [0.15, 0.2) is 54.9 Å². The Kier molecular flexibility index (Phi) is 3.87. The Morgan fingerprint density at radius 1 is 0.931 bits per heavy atom. The van der Waals surface area contributed by atoms with Gasteiger partial charge in [0.15, 0.2) is 17.1 Å². The summed E-state index contributed by atoms with van der Waals surface area (Å²) in [6.07, 6.45) is 1.74. The molecule has 6 nitrogen and oxygen atoms in total. The van der Waals surface area contributed by atoms with E-state index in [9.17, 15) is 0 Å². The van der Waals surface area contributed by atoms with E-state index in [-0.39, 0.29) is 0 Å². The van der Waals surface area contributed by atoms with Crippen molar-refractivity contribution in [3.8, 4) is 22.8 Å². The molecule has 29 heavy (non-hydrogen) atoms. The zero-order chi connectivity index (χ0) is 20.1. The molecule has 0 aliphatic heterocycles. The van der Waals surface area contributed by atoms with Gasteiger partial charge in [0, 0.05) is 16.9 Å². The Morgan fingerprint density at radius 2 is 1.72 bits per heavy atom. The molecule has 0 spiro atoms. The monoisotopic (exact) mass is 383 g/mol. The summed E-state index contributed by atoms with van der Waals surface area (Å²) >= 11 is 0. The highest BCUT2D eigenvalue weighted by molar-refractivity contribution is 5.95. The molecule has 5 rings (SSSR count). The third-order valence-corrected chi connectivity index (χ3v) is 5.44. The normalized spacial score (nSPS) is 11.4. The van der Waals surface area contributed by atoms with Crippen LogP contribution in [0.4, 0.5) is 0 Å². The maximum atomic E-state index is 5.24. The molecule has 0 aliphatic carbocycles. The Bertz CT molecular complexity index is 1360. The number of rotatable bonds is 3. The van der Waals surface area contributed by atoms with Gasteiger partial charge in [0.1, 0.15) is 12.1 Å². The van der Waals surface area contributed by atoms with Gasteiger partial charge >= 0.3 is 0 Å². The minimum Gasteiger partial charge on any atom is -0.497 e. The second kappa shape index (κ2) is 6.44. The van der Waals surface area contributed by atoms with Crippen molar-refractivity contribution >= 4 is 16.7 Å². The van der Waals surface area contributed by atoms with Crippen molar-refractivity contribution in [2.75, 3.05) is 7.11 Å². The lowest BCUT2D eigenvalue weighted by Crippen LogP contribution is -1.99. The van der Waals surface area contributed by atoms with E-state index in [1.165, 1.54) is 5.56 Å². The summed E-state index contributed by atoms with van der Waals surface area (Å²) in [6.45, 7) is 6.34. The molecule has 5 aromatic rings. The molecule has 0 bridgehead atoms. The largest absolute Gasteiger partial charge is 0.497 e. The van der Waals surface area contributed by atoms with Crippen LogP contribution in [0.3, 0.4) is 0 Å². The van der Waals surface area contributed by atoms with Gasteiger partial charge in [-0.2, -0.15) is 0 Å². The van der Waals surface area contributed by atoms with Gasteiger partial charge in [-0.15, -0.1) is 5.10 Å². The van der Waals surface area contributed by atoms with E-state index in [0.29, 0.717) is 5.82 Å². The van der Waals surface area contributed by atoms with Crippen molar-refractivity contribution in [2.24, 2.45) is 0 Å². The Hall–Kier alpha value is -3.67. The number of aryl methyl sites for hydroxylation is 2. The summed E-state index contributed by atoms with van der Waals surface area (Å²) in [5.41, 5.74) is 7.28. The summed E-state index contributed by atoms with van der Waals surface area (Å²) in [5.74, 6) is 1.48. The first kappa shape index (κ1) is 17.4. The molecule has 0 fully saturated rings. The van der Waals surface area contributed by atoms with Gasteiger partial charge in [-0.05, 0) is 68.3 Å². The van der Waals surface area contributed by atoms with Crippen LogP contribution in [-0.4, -0.2) is 31.3 Å². The van der Waals surface area contributed by atoms with Gasteiger partial charge in [-0.25, -0.2) is 14.5 Å². The summed E-state index contributed by atoms with van der Waals surface area (Å²) in [5, 5.41) is 5.68. The molecular formula is C23H21N5O. The lowest BCUT2D eigenvalue weighted by Gasteiger charge is -2.08. The van der Waals surface area contributed by atoms with E-state index in [4.69, 9.17) is 14.7 Å². The molecule has 0 saturated heterocycles. The van der Waals surface area contributed by atoms with Crippen molar-refractivity contribution in [1.29, 1.82) is 0 Å². The lowest BCUT2D eigenvalue weighted by molar-refractivity contribution is 0.415. The minimum absolute atomic E-state index is 0.669. The number of hydrogen-bond donors (Lipinski definition) is 0. The zero-order valence-corrected chi connectivity index (χ0v) is 16.8. The molecule has 0 amide bonds. The van der Waals surface area contributed by atoms with Crippen LogP contribution in [0.25, 0.3) is 33.8 Å². The van der Waals surface area contributed by atoms with Crippen molar-refractivity contribution in [2.45, 2.75) is 20.8 Å². The highest BCUT2D eigenvalue weighted by atomic mass is 16.5. The van der Waals surface area contributed by atoms with Gasteiger partial charge in [-0.3, -0.25) is 4.57 Å². The predicted octanol–water partition coefficient (Wildman–Crippen LogP) is 4.67. The topological polar surface area (TPSA) is 57.2 Å². The van der Waals surface area contributed by atoms with Crippen molar-refractivity contribution < 1.29 is 4.74 Å². The number of aromatic nitrogens is 5. The summed E-state index contributed by atoms with van der Waals surface area (Å²) < 4.78 is 9.20. The number of benzene rings is 2. The van der Waals surface area contributed by atoms with Crippen LogP contribution in [0.2, 0.25) is 0 Å². The zero-order valence-electron chi connectivity index (χ0n) is 16.8. The van der Waals surface area contributed by atoms with E-state index >= 15 is 0 Å². The summed E-state index contributed by atoms with van der Waals surface area (Å²) in [6, 6.07) is 16.2. The molecule has 0 unspecified atom stereocenters. The average Bonchev–Trinajstić information content (AvgIpc) is 3.27. The molecule has 3 heterocycles. The maximum Gasteiger partial charge on any atom is 0.182 e. The fraction of sp³-hybridized carbons (Fsp3) is 0.174. The molecule has 144 valence electrons. The first-order chi connectivity index (χ1) is 14.1. The minimum atomic E-state index is 0.669. The molecular weight excluding hydrogens is 362 g/mol. The molecule has 0 radical (unpaired) electrons. The third kappa shape index (κ3) is 2.68. The summed E-state index contributed by atoms with van der Waals surface area (Å²) in [7, 11) is 1.66. The van der Waals surface area contributed by atoms with E-state index in [0.717, 1.165) is 44.9 Å². The second-order valence-electron chi connectivity index (χ2n) is 7.26. The number of hydrogen-bond acceptors (Lipinski definition) is 4. The van der Waals surface area contributed by atoms with Crippen molar-refractivity contribution in [1.82, 2.24) is 24.1 Å². The van der Waals surface area contributed by atoms with Crippen LogP contribution < -0.4 is 4.74 Å². The van der Waals surface area contributed by atoms with Gasteiger partial charge in [0.2, 0.25) is 0 Å². The molecule has 0 saturated carbocycles. The van der Waals surface area contributed by atoms with Gasteiger partial charge in [0.05, 0.1) is 12.5 Å². The van der Waals surface area contributed by atoms with Crippen LogP contribution in [0.5, 0.6) is 5.75 Å². The SMILES string of the molecule is COc1ccc(-c2nc3c4c(C)c(C)n(-c5cccc(C)c5)c4ncn3n2)cc1. The molecule has 3 aromatic heterocycles. The first-order valence-electron chi connectivity index (χ1n) is 9.51. The van der Waals surface area contributed by atoms with Crippen LogP contribution in [0, 0.1) is 20.8 Å². The van der Waals surface area contributed by atoms with Gasteiger partial charge in [-0.1, -0.05) is 12.1 Å². The Balaban J connectivity index is 1.75. The molecule has 0 aliphatic rings. The number of fused-ring (bicyclic) bond motifs is 3. The van der Waals surface area contributed by atoms with Crippen LogP contribution in [-0.2, 0) is 0 Å². The lowest BCUT2D eigenvalue weighted by atomic mass is 10.2. The quantitative estimate of drug-likeness (QED) is 0.454. The highest BCUT2D eigenvalue weighted by Crippen LogP contribution is 2.31. The summed E-state index contributed by atoms with van der Waals surface area (Å²) in [4.78, 5) is 9.59. The fourth-order valence-electron chi connectivity index (χ4n) is 3.81. The standard InChI is InChI=1S/C23H21N5O/c1-14-6-5-7-18(12-14)28-16(3)15(2)20-22(28)24-13-27-23(20)25-21(26-27)17-8-10-19(29-4)11-9-17/h5-13H,1-4H3. The molecule has 6 heteroatoms. The average molecular weight is 383 g/mol. The number of ether oxygens (including phenoxy) is 1.